The number of aromatic nitrogens is 2. The summed E-state index contributed by atoms with van der Waals surface area (Å²) in [6.07, 6.45) is 5.90. The number of ether oxygens (including phenoxy) is 2. The Labute approximate surface area is 241 Å². The standard InChI is InChI=1S/C35H35N3O3/c1-35(2,3)41-34(39)30-16-15-27(21-32(30)40-29-20-28-17-18-36-33(28)37-22-29)25-13-11-24(12-14-25)23-38-19-7-10-31(38)26-8-5-4-6-9-26/h4-6,8-9,11-18,20-22,31H,7,10,19,23H2,1-3H3,(H,36,37). The zero-order valence-corrected chi connectivity index (χ0v) is 23.8. The molecule has 0 saturated carbocycles. The van der Waals surface area contributed by atoms with E-state index in [-0.39, 0.29) is 0 Å². The van der Waals surface area contributed by atoms with Gasteiger partial charge >= 0.3 is 5.97 Å². The van der Waals surface area contributed by atoms with Crippen molar-refractivity contribution in [1.82, 2.24) is 14.9 Å². The Hall–Kier alpha value is -4.42. The van der Waals surface area contributed by atoms with Gasteiger partial charge in [-0.3, -0.25) is 4.90 Å². The van der Waals surface area contributed by atoms with Gasteiger partial charge in [0.1, 0.15) is 28.3 Å². The van der Waals surface area contributed by atoms with Gasteiger partial charge in [-0.1, -0.05) is 60.7 Å². The Morgan fingerprint density at radius 3 is 2.54 bits per heavy atom. The lowest BCUT2D eigenvalue weighted by atomic mass is 10.0. The predicted molar refractivity (Wildman–Crippen MR) is 162 cm³/mol. The Balaban J connectivity index is 1.25. The molecule has 3 heterocycles. The molecule has 6 heteroatoms. The average Bonchev–Trinajstić information content (AvgIpc) is 3.62. The van der Waals surface area contributed by atoms with E-state index in [1.807, 2.05) is 51.2 Å². The molecule has 0 spiro atoms. The molecular formula is C35H35N3O3. The average molecular weight is 546 g/mol. The van der Waals surface area contributed by atoms with Crippen LogP contribution in [0.15, 0.2) is 97.3 Å². The van der Waals surface area contributed by atoms with Crippen LogP contribution in [-0.4, -0.2) is 33.0 Å². The van der Waals surface area contributed by atoms with E-state index in [0.717, 1.165) is 35.2 Å². The molecule has 1 aliphatic heterocycles. The van der Waals surface area contributed by atoms with Crippen molar-refractivity contribution in [3.63, 3.8) is 0 Å². The van der Waals surface area contributed by atoms with Crippen LogP contribution >= 0.6 is 0 Å². The van der Waals surface area contributed by atoms with Gasteiger partial charge < -0.3 is 14.5 Å². The highest BCUT2D eigenvalue weighted by Gasteiger charge is 2.26. The second kappa shape index (κ2) is 11.2. The molecule has 6 nitrogen and oxygen atoms in total. The van der Waals surface area contributed by atoms with Gasteiger partial charge in [0.05, 0.1) is 6.20 Å². The lowest BCUT2D eigenvalue weighted by molar-refractivity contribution is 0.00672. The fraction of sp³-hybridized carbons (Fsp3) is 0.257. The summed E-state index contributed by atoms with van der Waals surface area (Å²) in [6.45, 7) is 7.60. The molecule has 1 N–H and O–H groups in total. The zero-order valence-electron chi connectivity index (χ0n) is 23.8. The van der Waals surface area contributed by atoms with E-state index in [2.05, 4.69) is 69.5 Å². The zero-order chi connectivity index (χ0) is 28.4. The number of nitrogens with zero attached hydrogens (tertiary/aromatic N) is 2. The highest BCUT2D eigenvalue weighted by molar-refractivity contribution is 5.94. The van der Waals surface area contributed by atoms with Crippen molar-refractivity contribution in [3.8, 4) is 22.6 Å². The van der Waals surface area contributed by atoms with Crippen molar-refractivity contribution < 1.29 is 14.3 Å². The van der Waals surface area contributed by atoms with E-state index in [4.69, 9.17) is 9.47 Å². The van der Waals surface area contributed by atoms with Crippen molar-refractivity contribution >= 4 is 17.0 Å². The number of fused-ring (bicyclic) bond motifs is 1. The molecule has 1 aliphatic rings. The molecule has 41 heavy (non-hydrogen) atoms. The van der Waals surface area contributed by atoms with Crippen molar-refractivity contribution in [1.29, 1.82) is 0 Å². The summed E-state index contributed by atoms with van der Waals surface area (Å²) in [7, 11) is 0. The van der Waals surface area contributed by atoms with Gasteiger partial charge in [0.25, 0.3) is 0 Å². The summed E-state index contributed by atoms with van der Waals surface area (Å²) in [5, 5.41) is 0.931. The van der Waals surface area contributed by atoms with Gasteiger partial charge in [0, 0.05) is 24.2 Å². The molecule has 0 radical (unpaired) electrons. The van der Waals surface area contributed by atoms with Gasteiger partial charge in [-0.2, -0.15) is 0 Å². The smallest absolute Gasteiger partial charge is 0.342 e. The largest absolute Gasteiger partial charge is 0.456 e. The maximum absolute atomic E-state index is 13.1. The number of esters is 1. The summed E-state index contributed by atoms with van der Waals surface area (Å²) >= 11 is 0. The molecule has 1 unspecified atom stereocenters. The summed E-state index contributed by atoms with van der Waals surface area (Å²) in [6, 6.07) is 29.4. The molecule has 3 aromatic carbocycles. The predicted octanol–water partition coefficient (Wildman–Crippen LogP) is 8.31. The number of carbonyl (C=O) groups is 1. The molecule has 0 aliphatic carbocycles. The summed E-state index contributed by atoms with van der Waals surface area (Å²) in [4.78, 5) is 23.2. The summed E-state index contributed by atoms with van der Waals surface area (Å²) in [5.41, 5.74) is 5.21. The number of pyridine rings is 1. The Bertz CT molecular complexity index is 1650. The first-order chi connectivity index (χ1) is 19.8. The third-order valence-electron chi connectivity index (χ3n) is 7.42. The van der Waals surface area contributed by atoms with E-state index in [0.29, 0.717) is 23.1 Å². The summed E-state index contributed by atoms with van der Waals surface area (Å²) in [5.74, 6) is 0.553. The molecule has 2 aromatic heterocycles. The van der Waals surface area contributed by atoms with E-state index >= 15 is 0 Å². The monoisotopic (exact) mass is 545 g/mol. The third-order valence-corrected chi connectivity index (χ3v) is 7.42. The van der Waals surface area contributed by atoms with E-state index < -0.39 is 11.6 Å². The fourth-order valence-electron chi connectivity index (χ4n) is 5.50. The molecule has 5 aromatic rings. The van der Waals surface area contributed by atoms with Crippen LogP contribution < -0.4 is 4.74 Å². The molecule has 208 valence electrons. The van der Waals surface area contributed by atoms with Crippen LogP contribution in [0.3, 0.4) is 0 Å². The molecule has 1 atom stereocenters. The maximum Gasteiger partial charge on any atom is 0.342 e. The van der Waals surface area contributed by atoms with Crippen LogP contribution in [-0.2, 0) is 11.3 Å². The lowest BCUT2D eigenvalue weighted by Gasteiger charge is -2.25. The van der Waals surface area contributed by atoms with Gasteiger partial charge in [-0.05, 0) is 86.7 Å². The molecule has 6 rings (SSSR count). The third kappa shape index (κ3) is 6.18. The van der Waals surface area contributed by atoms with Crippen LogP contribution in [0.5, 0.6) is 11.5 Å². The maximum atomic E-state index is 13.1. The Morgan fingerprint density at radius 2 is 1.76 bits per heavy atom. The minimum Gasteiger partial charge on any atom is -0.456 e. The molecule has 1 saturated heterocycles. The summed E-state index contributed by atoms with van der Waals surface area (Å²) < 4.78 is 11.9. The normalized spacial score (nSPS) is 15.7. The van der Waals surface area contributed by atoms with Crippen molar-refractivity contribution in [2.75, 3.05) is 6.54 Å². The van der Waals surface area contributed by atoms with Gasteiger partial charge in [-0.15, -0.1) is 0 Å². The number of likely N-dealkylation sites (tertiary alicyclic amines) is 1. The SMILES string of the molecule is CC(C)(C)OC(=O)c1ccc(-c2ccc(CN3CCCC3c3ccccc3)cc2)cc1Oc1cnc2[nH]ccc2c1. The fourth-order valence-corrected chi connectivity index (χ4v) is 5.50. The number of aromatic amines is 1. The van der Waals surface area contributed by atoms with E-state index in [1.165, 1.54) is 24.0 Å². The van der Waals surface area contributed by atoms with Crippen molar-refractivity contribution in [3.05, 3.63) is 114 Å². The second-order valence-electron chi connectivity index (χ2n) is 11.6. The van der Waals surface area contributed by atoms with Crippen molar-refractivity contribution in [2.45, 2.75) is 51.8 Å². The van der Waals surface area contributed by atoms with Crippen LogP contribution in [0.25, 0.3) is 22.2 Å². The topological polar surface area (TPSA) is 67.4 Å². The number of carbonyl (C=O) groups excluding carboxylic acids is 1. The van der Waals surface area contributed by atoms with Crippen LogP contribution in [0, 0.1) is 0 Å². The highest BCUT2D eigenvalue weighted by Crippen LogP contribution is 2.35. The Kier molecular flexibility index (Phi) is 7.33. The Morgan fingerprint density at radius 1 is 0.976 bits per heavy atom. The molecular weight excluding hydrogens is 510 g/mol. The second-order valence-corrected chi connectivity index (χ2v) is 11.6. The van der Waals surface area contributed by atoms with E-state index in [9.17, 15) is 4.79 Å². The first kappa shape index (κ1) is 26.8. The minimum atomic E-state index is -0.622. The minimum absolute atomic E-state index is 0.371. The number of hydrogen-bond donors (Lipinski definition) is 1. The van der Waals surface area contributed by atoms with Crippen molar-refractivity contribution in [2.24, 2.45) is 0 Å². The first-order valence-electron chi connectivity index (χ1n) is 14.2. The molecule has 0 amide bonds. The number of rotatable bonds is 7. The van der Waals surface area contributed by atoms with E-state index in [1.54, 1.807) is 12.3 Å². The lowest BCUT2D eigenvalue weighted by Crippen LogP contribution is -2.24. The number of hydrogen-bond acceptors (Lipinski definition) is 5. The van der Waals surface area contributed by atoms with Gasteiger partial charge in [0.15, 0.2) is 0 Å². The molecule has 1 fully saturated rings. The highest BCUT2D eigenvalue weighted by atomic mass is 16.6. The number of nitrogens with one attached hydrogen (secondary N) is 1. The van der Waals surface area contributed by atoms with Gasteiger partial charge in [0.2, 0.25) is 0 Å². The quantitative estimate of drug-likeness (QED) is 0.208. The first-order valence-corrected chi connectivity index (χ1v) is 14.2. The number of benzene rings is 3. The van der Waals surface area contributed by atoms with Crippen LogP contribution in [0.4, 0.5) is 0 Å². The van der Waals surface area contributed by atoms with Gasteiger partial charge in [-0.25, -0.2) is 9.78 Å². The molecule has 0 bridgehead atoms. The number of H-pyrrole nitrogens is 1. The van der Waals surface area contributed by atoms with Crippen LogP contribution in [0.2, 0.25) is 0 Å². The van der Waals surface area contributed by atoms with Crippen LogP contribution in [0.1, 0.15) is 61.1 Å².